The van der Waals surface area contributed by atoms with Gasteiger partial charge < -0.3 is 5.73 Å². The number of hydrogen-bond donors (Lipinski definition) is 2. The summed E-state index contributed by atoms with van der Waals surface area (Å²) in [4.78, 5) is 12.3. The van der Waals surface area contributed by atoms with E-state index in [9.17, 15) is 4.79 Å². The van der Waals surface area contributed by atoms with Crippen LogP contribution in [0.5, 0.6) is 0 Å². The van der Waals surface area contributed by atoms with Crippen molar-refractivity contribution in [2.45, 2.75) is 26.7 Å². The van der Waals surface area contributed by atoms with Gasteiger partial charge in [0.05, 0.1) is 0 Å². The Hall–Kier alpha value is -1.79. The number of carbonyl (C=O) groups is 1. The van der Waals surface area contributed by atoms with E-state index in [2.05, 4.69) is 29.4 Å². The third-order valence-corrected chi connectivity index (χ3v) is 3.81. The summed E-state index contributed by atoms with van der Waals surface area (Å²) in [6.07, 6.45) is 1.55. The van der Waals surface area contributed by atoms with Crippen LogP contribution < -0.4 is 11.1 Å². The Morgan fingerprint density at radius 2 is 2.10 bits per heavy atom. The number of hydrogen-bond acceptors (Lipinski definition) is 5. The monoisotopic (exact) mass is 304 g/mol. The fraction of sp³-hybridized carbons (Fsp3) is 0.400. The Bertz CT molecular complexity index is 609. The van der Waals surface area contributed by atoms with Crippen molar-refractivity contribution in [3.05, 3.63) is 40.4 Å². The van der Waals surface area contributed by atoms with E-state index in [0.717, 1.165) is 17.0 Å². The number of benzene rings is 1. The summed E-state index contributed by atoms with van der Waals surface area (Å²) in [7, 11) is 0. The van der Waals surface area contributed by atoms with Crippen LogP contribution >= 0.6 is 11.3 Å². The highest BCUT2D eigenvalue weighted by Crippen LogP contribution is 2.19. The molecule has 2 rings (SSSR count). The van der Waals surface area contributed by atoms with E-state index in [1.165, 1.54) is 11.3 Å². The van der Waals surface area contributed by atoms with Gasteiger partial charge in [0, 0.05) is 12.0 Å². The number of carbonyl (C=O) groups excluding carboxylic acids is 1. The van der Waals surface area contributed by atoms with Crippen molar-refractivity contribution in [2.75, 3.05) is 11.9 Å². The SMILES string of the molecule is CC(C)Cc1nnc(NC(=O)c2ccccc2CCN)s1. The predicted octanol–water partition coefficient (Wildman–Crippen LogP) is 2.49. The van der Waals surface area contributed by atoms with Crippen LogP contribution in [0.3, 0.4) is 0 Å². The van der Waals surface area contributed by atoms with Gasteiger partial charge in [0.25, 0.3) is 5.91 Å². The summed E-state index contributed by atoms with van der Waals surface area (Å²) in [5, 5.41) is 12.4. The van der Waals surface area contributed by atoms with Gasteiger partial charge in [-0.15, -0.1) is 10.2 Å². The maximum atomic E-state index is 12.3. The minimum absolute atomic E-state index is 0.161. The second kappa shape index (κ2) is 7.28. The Morgan fingerprint density at radius 1 is 1.33 bits per heavy atom. The average molecular weight is 304 g/mol. The number of rotatable bonds is 6. The molecule has 5 nitrogen and oxygen atoms in total. The molecule has 1 heterocycles. The molecule has 0 saturated heterocycles. The zero-order chi connectivity index (χ0) is 15.2. The van der Waals surface area contributed by atoms with E-state index < -0.39 is 0 Å². The van der Waals surface area contributed by atoms with Gasteiger partial charge in [-0.2, -0.15) is 0 Å². The van der Waals surface area contributed by atoms with Crippen LogP contribution in [-0.2, 0) is 12.8 Å². The van der Waals surface area contributed by atoms with Crippen molar-refractivity contribution in [2.24, 2.45) is 11.7 Å². The fourth-order valence-corrected chi connectivity index (χ4v) is 2.96. The molecule has 21 heavy (non-hydrogen) atoms. The van der Waals surface area contributed by atoms with Gasteiger partial charge in [-0.05, 0) is 30.5 Å². The molecule has 6 heteroatoms. The van der Waals surface area contributed by atoms with Crippen LogP contribution in [0.1, 0.15) is 34.8 Å². The Labute approximate surface area is 128 Å². The van der Waals surface area contributed by atoms with Gasteiger partial charge >= 0.3 is 0 Å². The number of nitrogens with zero attached hydrogens (tertiary/aromatic N) is 2. The molecule has 0 aliphatic carbocycles. The van der Waals surface area contributed by atoms with Gasteiger partial charge in [0.1, 0.15) is 5.01 Å². The lowest BCUT2D eigenvalue weighted by Crippen LogP contribution is -2.15. The number of amides is 1. The van der Waals surface area contributed by atoms with Crippen LogP contribution in [0, 0.1) is 5.92 Å². The average Bonchev–Trinajstić information content (AvgIpc) is 2.86. The normalized spacial score (nSPS) is 10.9. The lowest BCUT2D eigenvalue weighted by molar-refractivity contribution is 0.102. The Kier molecular flexibility index (Phi) is 5.41. The molecule has 0 saturated carbocycles. The van der Waals surface area contributed by atoms with Gasteiger partial charge in [-0.1, -0.05) is 43.4 Å². The highest BCUT2D eigenvalue weighted by atomic mass is 32.1. The molecule has 0 unspecified atom stereocenters. The Balaban J connectivity index is 2.09. The third-order valence-electron chi connectivity index (χ3n) is 2.95. The molecule has 1 amide bonds. The molecular formula is C15H20N4OS. The van der Waals surface area contributed by atoms with Crippen LogP contribution in [0.15, 0.2) is 24.3 Å². The van der Waals surface area contributed by atoms with Crippen molar-refractivity contribution in [1.82, 2.24) is 10.2 Å². The number of nitrogens with one attached hydrogen (secondary N) is 1. The highest BCUT2D eigenvalue weighted by molar-refractivity contribution is 7.15. The van der Waals surface area contributed by atoms with Crippen LogP contribution in [0.2, 0.25) is 0 Å². The third kappa shape index (κ3) is 4.34. The highest BCUT2D eigenvalue weighted by Gasteiger charge is 2.13. The molecule has 1 aromatic carbocycles. The van der Waals surface area contributed by atoms with Crippen molar-refractivity contribution < 1.29 is 4.79 Å². The maximum absolute atomic E-state index is 12.3. The molecule has 0 fully saturated rings. The summed E-state index contributed by atoms with van der Waals surface area (Å²) >= 11 is 1.42. The second-order valence-electron chi connectivity index (χ2n) is 5.25. The van der Waals surface area contributed by atoms with Crippen LogP contribution in [0.25, 0.3) is 0 Å². The Morgan fingerprint density at radius 3 is 2.81 bits per heavy atom. The quantitative estimate of drug-likeness (QED) is 0.859. The van der Waals surface area contributed by atoms with Crippen molar-refractivity contribution in [1.29, 1.82) is 0 Å². The van der Waals surface area contributed by atoms with Gasteiger partial charge in [0.15, 0.2) is 0 Å². The summed E-state index contributed by atoms with van der Waals surface area (Å²) < 4.78 is 0. The topological polar surface area (TPSA) is 80.9 Å². The van der Waals surface area contributed by atoms with Crippen LogP contribution in [0.4, 0.5) is 5.13 Å². The van der Waals surface area contributed by atoms with E-state index in [1.807, 2.05) is 18.2 Å². The molecule has 0 aliphatic heterocycles. The summed E-state index contributed by atoms with van der Waals surface area (Å²) in [6.45, 7) is 4.77. The van der Waals surface area contributed by atoms with E-state index in [-0.39, 0.29) is 5.91 Å². The second-order valence-corrected chi connectivity index (χ2v) is 6.31. The van der Waals surface area contributed by atoms with Crippen LogP contribution in [-0.4, -0.2) is 22.6 Å². The molecule has 3 N–H and O–H groups in total. The van der Waals surface area contributed by atoms with Gasteiger partial charge in [-0.3, -0.25) is 10.1 Å². The first-order valence-corrected chi connectivity index (χ1v) is 7.83. The first kappa shape index (κ1) is 15.6. The smallest absolute Gasteiger partial charge is 0.257 e. The summed E-state index contributed by atoms with van der Waals surface area (Å²) in [5.74, 6) is 0.359. The largest absolute Gasteiger partial charge is 0.330 e. The lowest BCUT2D eigenvalue weighted by atomic mass is 10.0. The molecule has 0 aliphatic rings. The van der Waals surface area contributed by atoms with E-state index in [0.29, 0.717) is 29.6 Å². The van der Waals surface area contributed by atoms with Gasteiger partial charge in [-0.25, -0.2) is 0 Å². The maximum Gasteiger partial charge on any atom is 0.257 e. The van der Waals surface area contributed by atoms with Crippen molar-refractivity contribution >= 4 is 22.4 Å². The summed E-state index contributed by atoms with van der Waals surface area (Å²) in [6, 6.07) is 7.48. The number of nitrogens with two attached hydrogens (primary N) is 1. The fourth-order valence-electron chi connectivity index (χ4n) is 2.02. The molecule has 0 atom stereocenters. The molecule has 0 spiro atoms. The number of anilines is 1. The zero-order valence-corrected chi connectivity index (χ0v) is 13.1. The summed E-state index contributed by atoms with van der Waals surface area (Å²) in [5.41, 5.74) is 7.17. The van der Waals surface area contributed by atoms with E-state index in [4.69, 9.17) is 5.73 Å². The first-order valence-electron chi connectivity index (χ1n) is 7.02. The number of aromatic nitrogens is 2. The zero-order valence-electron chi connectivity index (χ0n) is 12.3. The molecule has 0 bridgehead atoms. The molecular weight excluding hydrogens is 284 g/mol. The predicted molar refractivity (Wildman–Crippen MR) is 85.6 cm³/mol. The van der Waals surface area contributed by atoms with Crippen molar-refractivity contribution in [3.63, 3.8) is 0 Å². The standard InChI is InChI=1S/C15H20N4OS/c1-10(2)9-13-18-19-15(21-13)17-14(20)12-6-4-3-5-11(12)7-8-16/h3-6,10H,7-9,16H2,1-2H3,(H,17,19,20). The molecule has 0 radical (unpaired) electrons. The molecule has 2 aromatic rings. The minimum atomic E-state index is -0.161. The minimum Gasteiger partial charge on any atom is -0.330 e. The van der Waals surface area contributed by atoms with E-state index >= 15 is 0 Å². The van der Waals surface area contributed by atoms with Gasteiger partial charge in [0.2, 0.25) is 5.13 Å². The molecule has 112 valence electrons. The first-order chi connectivity index (χ1) is 10.1. The molecule has 1 aromatic heterocycles. The lowest BCUT2D eigenvalue weighted by Gasteiger charge is -2.07. The van der Waals surface area contributed by atoms with Crippen molar-refractivity contribution in [3.8, 4) is 0 Å². The van der Waals surface area contributed by atoms with E-state index in [1.54, 1.807) is 6.07 Å².